The Labute approximate surface area is 126 Å². The molecular weight excluding hydrogens is 268 g/mol. The number of Topliss-reactive ketones (excluding diaryl/α,β-unsaturated/α-hetero) is 1. The Balaban J connectivity index is 2.18. The van der Waals surface area contributed by atoms with E-state index in [0.717, 1.165) is 12.8 Å². The number of rotatable bonds is 6. The average Bonchev–Trinajstić information content (AvgIpc) is 2.89. The first kappa shape index (κ1) is 16.1. The van der Waals surface area contributed by atoms with Gasteiger partial charge in [0, 0.05) is 7.11 Å². The normalized spacial score (nSPS) is 19.7. The largest absolute Gasteiger partial charge is 0.373 e. The molecule has 1 heterocycles. The highest BCUT2D eigenvalue weighted by atomic mass is 16.5. The van der Waals surface area contributed by atoms with Crippen LogP contribution >= 0.6 is 0 Å². The summed E-state index contributed by atoms with van der Waals surface area (Å²) >= 11 is 0. The van der Waals surface area contributed by atoms with E-state index in [-0.39, 0.29) is 23.7 Å². The van der Waals surface area contributed by atoms with Crippen LogP contribution in [-0.2, 0) is 9.53 Å². The summed E-state index contributed by atoms with van der Waals surface area (Å²) in [6.07, 6.45) is 5.92. The molecule has 0 aromatic carbocycles. The molecule has 0 radical (unpaired) electrons. The van der Waals surface area contributed by atoms with Crippen molar-refractivity contribution in [3.63, 3.8) is 0 Å². The minimum atomic E-state index is -0.324. The Bertz CT molecular complexity index is 464. The molecule has 1 aromatic rings. The monoisotopic (exact) mass is 294 g/mol. The van der Waals surface area contributed by atoms with E-state index < -0.39 is 0 Å². The number of hydrogen-bond donors (Lipinski definition) is 0. The highest BCUT2D eigenvalue weighted by Gasteiger charge is 2.32. The maximum atomic E-state index is 11.8. The van der Waals surface area contributed by atoms with E-state index in [0.29, 0.717) is 17.6 Å². The van der Waals surface area contributed by atoms with Crippen LogP contribution in [0.25, 0.3) is 0 Å². The maximum absolute atomic E-state index is 11.8. The molecule has 0 saturated heterocycles. The fraction of sp³-hybridized carbons (Fsp3) is 0.812. The van der Waals surface area contributed by atoms with Crippen molar-refractivity contribution in [2.45, 2.75) is 64.9 Å². The summed E-state index contributed by atoms with van der Waals surface area (Å²) in [5, 5.41) is 4.08. The summed E-state index contributed by atoms with van der Waals surface area (Å²) < 4.78 is 11.0. The van der Waals surface area contributed by atoms with Crippen LogP contribution in [0.5, 0.6) is 0 Å². The third-order valence-corrected chi connectivity index (χ3v) is 4.41. The SMILES string of the molecule is COC(c1noc(C(C(C)=O)C(C)C)n1)C1CCCCC1. The zero-order chi connectivity index (χ0) is 15.4. The summed E-state index contributed by atoms with van der Waals surface area (Å²) in [6.45, 7) is 5.55. The summed E-state index contributed by atoms with van der Waals surface area (Å²) in [7, 11) is 1.69. The van der Waals surface area contributed by atoms with Gasteiger partial charge in [-0.25, -0.2) is 0 Å². The van der Waals surface area contributed by atoms with Crippen LogP contribution in [0.3, 0.4) is 0 Å². The summed E-state index contributed by atoms with van der Waals surface area (Å²) in [5.41, 5.74) is 0. The number of carbonyl (C=O) groups excluding carboxylic acids is 1. The van der Waals surface area contributed by atoms with Gasteiger partial charge in [0.1, 0.15) is 11.9 Å². The number of carbonyl (C=O) groups is 1. The first-order valence-corrected chi connectivity index (χ1v) is 7.91. The molecule has 21 heavy (non-hydrogen) atoms. The quantitative estimate of drug-likeness (QED) is 0.801. The average molecular weight is 294 g/mol. The predicted molar refractivity (Wildman–Crippen MR) is 78.9 cm³/mol. The van der Waals surface area contributed by atoms with Crippen LogP contribution in [0, 0.1) is 11.8 Å². The van der Waals surface area contributed by atoms with Crippen molar-refractivity contribution in [3.8, 4) is 0 Å². The first-order valence-electron chi connectivity index (χ1n) is 7.91. The van der Waals surface area contributed by atoms with Gasteiger partial charge in [-0.1, -0.05) is 38.3 Å². The number of ketones is 1. The van der Waals surface area contributed by atoms with E-state index >= 15 is 0 Å². The lowest BCUT2D eigenvalue weighted by Crippen LogP contribution is -2.20. The van der Waals surface area contributed by atoms with Crippen LogP contribution in [0.15, 0.2) is 4.52 Å². The second-order valence-electron chi connectivity index (χ2n) is 6.38. The van der Waals surface area contributed by atoms with Crippen molar-refractivity contribution in [2.24, 2.45) is 11.8 Å². The molecule has 5 nitrogen and oxygen atoms in total. The van der Waals surface area contributed by atoms with Crippen molar-refractivity contribution in [3.05, 3.63) is 11.7 Å². The molecule has 1 aliphatic carbocycles. The molecule has 1 saturated carbocycles. The molecule has 1 aromatic heterocycles. The molecule has 2 atom stereocenters. The second-order valence-corrected chi connectivity index (χ2v) is 6.38. The fourth-order valence-corrected chi connectivity index (χ4v) is 3.36. The van der Waals surface area contributed by atoms with Gasteiger partial charge in [-0.3, -0.25) is 4.79 Å². The van der Waals surface area contributed by atoms with Crippen LogP contribution in [0.2, 0.25) is 0 Å². The lowest BCUT2D eigenvalue weighted by Gasteiger charge is -2.26. The molecule has 1 fully saturated rings. The van der Waals surface area contributed by atoms with Gasteiger partial charge < -0.3 is 9.26 Å². The van der Waals surface area contributed by atoms with E-state index in [1.54, 1.807) is 14.0 Å². The van der Waals surface area contributed by atoms with Gasteiger partial charge in [0.15, 0.2) is 0 Å². The van der Waals surface area contributed by atoms with Crippen LogP contribution in [0.4, 0.5) is 0 Å². The Hall–Kier alpha value is -1.23. The fourth-order valence-electron chi connectivity index (χ4n) is 3.36. The minimum absolute atomic E-state index is 0.0619. The Morgan fingerprint density at radius 3 is 2.48 bits per heavy atom. The lowest BCUT2D eigenvalue weighted by molar-refractivity contribution is -0.119. The van der Waals surface area contributed by atoms with E-state index in [2.05, 4.69) is 10.1 Å². The van der Waals surface area contributed by atoms with Crippen molar-refractivity contribution in [1.29, 1.82) is 0 Å². The molecule has 0 N–H and O–H groups in total. The Morgan fingerprint density at radius 1 is 1.29 bits per heavy atom. The molecule has 0 bridgehead atoms. The molecule has 2 unspecified atom stereocenters. The Morgan fingerprint density at radius 2 is 1.95 bits per heavy atom. The number of nitrogens with zero attached hydrogens (tertiary/aromatic N) is 2. The third kappa shape index (κ3) is 3.70. The van der Waals surface area contributed by atoms with Gasteiger partial charge in [-0.2, -0.15) is 4.98 Å². The van der Waals surface area contributed by atoms with Gasteiger partial charge in [0.05, 0.1) is 5.92 Å². The number of ether oxygens (including phenoxy) is 1. The van der Waals surface area contributed by atoms with Gasteiger partial charge in [0.25, 0.3) is 0 Å². The van der Waals surface area contributed by atoms with Crippen molar-refractivity contribution >= 4 is 5.78 Å². The van der Waals surface area contributed by atoms with Crippen LogP contribution < -0.4 is 0 Å². The maximum Gasteiger partial charge on any atom is 0.237 e. The Kier molecular flexibility index (Phi) is 5.51. The third-order valence-electron chi connectivity index (χ3n) is 4.41. The van der Waals surface area contributed by atoms with Crippen LogP contribution in [-0.4, -0.2) is 23.0 Å². The van der Waals surface area contributed by atoms with Crippen LogP contribution in [0.1, 0.15) is 76.6 Å². The van der Waals surface area contributed by atoms with E-state index in [1.165, 1.54) is 19.3 Å². The molecule has 0 aliphatic heterocycles. The first-order chi connectivity index (χ1) is 10.0. The second kappa shape index (κ2) is 7.16. The van der Waals surface area contributed by atoms with E-state index in [1.807, 2.05) is 13.8 Å². The molecule has 5 heteroatoms. The highest BCUT2D eigenvalue weighted by Crippen LogP contribution is 2.36. The summed E-state index contributed by atoms with van der Waals surface area (Å²) in [5.74, 6) is 1.34. The van der Waals surface area contributed by atoms with E-state index in [4.69, 9.17) is 9.26 Å². The molecule has 118 valence electrons. The molecule has 0 amide bonds. The van der Waals surface area contributed by atoms with Gasteiger partial charge >= 0.3 is 0 Å². The van der Waals surface area contributed by atoms with Gasteiger partial charge in [-0.05, 0) is 31.6 Å². The van der Waals surface area contributed by atoms with Crippen molar-refractivity contribution in [2.75, 3.05) is 7.11 Å². The number of aromatic nitrogens is 2. The number of methoxy groups -OCH3 is 1. The summed E-state index contributed by atoms with van der Waals surface area (Å²) in [6, 6.07) is 0. The lowest BCUT2D eigenvalue weighted by atomic mass is 9.85. The summed E-state index contributed by atoms with van der Waals surface area (Å²) in [4.78, 5) is 16.3. The molecule has 0 spiro atoms. The highest BCUT2D eigenvalue weighted by molar-refractivity contribution is 5.82. The predicted octanol–water partition coefficient (Wildman–Crippen LogP) is 3.67. The molecule has 2 rings (SSSR count). The van der Waals surface area contributed by atoms with Gasteiger partial charge in [-0.15, -0.1) is 0 Å². The molecular formula is C16H26N2O3. The topological polar surface area (TPSA) is 65.2 Å². The van der Waals surface area contributed by atoms with E-state index in [9.17, 15) is 4.79 Å². The van der Waals surface area contributed by atoms with Crippen molar-refractivity contribution < 1.29 is 14.1 Å². The van der Waals surface area contributed by atoms with Gasteiger partial charge in [0.2, 0.25) is 11.7 Å². The number of hydrogen-bond acceptors (Lipinski definition) is 5. The zero-order valence-electron chi connectivity index (χ0n) is 13.5. The smallest absolute Gasteiger partial charge is 0.237 e. The molecule has 1 aliphatic rings. The van der Waals surface area contributed by atoms with Crippen molar-refractivity contribution in [1.82, 2.24) is 10.1 Å². The standard InChI is InChI=1S/C16H26N2O3/c1-10(2)13(11(3)19)16-17-15(18-21-16)14(20-4)12-8-6-5-7-9-12/h10,12-14H,5-9H2,1-4H3. The minimum Gasteiger partial charge on any atom is -0.373 e. The zero-order valence-corrected chi connectivity index (χ0v) is 13.5.